The van der Waals surface area contributed by atoms with Gasteiger partial charge in [-0.25, -0.2) is 8.78 Å². The molecule has 0 radical (unpaired) electrons. The largest absolute Gasteiger partial charge is 0.493 e. The second-order valence-corrected chi connectivity index (χ2v) is 12.2. The molecule has 0 bridgehead atoms. The smallest absolute Gasteiger partial charge is 0.247 e. The first-order valence-electron chi connectivity index (χ1n) is 16.5. The Morgan fingerprint density at radius 2 is 1.80 bits per heavy atom. The number of nitrogens with one attached hydrogen (secondary N) is 1. The number of amides is 1. The van der Waals surface area contributed by atoms with Crippen LogP contribution in [0.2, 0.25) is 0 Å². The number of rotatable bonds is 13. The van der Waals surface area contributed by atoms with Crippen molar-refractivity contribution in [2.24, 2.45) is 5.92 Å². The molecule has 3 heterocycles. The Labute approximate surface area is 283 Å². The Morgan fingerprint density at radius 3 is 2.53 bits per heavy atom. The molecule has 1 atom stereocenters. The van der Waals surface area contributed by atoms with Crippen molar-refractivity contribution in [2.75, 3.05) is 38.7 Å². The number of halogens is 2. The normalized spacial score (nSPS) is 14.5. The van der Waals surface area contributed by atoms with Crippen molar-refractivity contribution in [1.82, 2.24) is 20.1 Å². The third-order valence-corrected chi connectivity index (χ3v) is 8.71. The highest BCUT2D eigenvalue weighted by Crippen LogP contribution is 2.38. The Kier molecular flexibility index (Phi) is 10.6. The molecule has 5 aromatic rings. The SMILES string of the molecule is CCC(C(=O)Nc1ccc(Oc2ccnc3cc(OCCCN4CCC(C)CC4)c(OC)cc23)c(F)c1)c1nnc(-c2ccc(F)cc2)o1. The van der Waals surface area contributed by atoms with E-state index in [2.05, 4.69) is 32.3 Å². The van der Waals surface area contributed by atoms with Gasteiger partial charge in [-0.05, 0) is 93.2 Å². The maximum Gasteiger partial charge on any atom is 0.247 e. The molecule has 12 heteroatoms. The van der Waals surface area contributed by atoms with Crippen LogP contribution >= 0.6 is 0 Å². The van der Waals surface area contributed by atoms with Gasteiger partial charge in [0.25, 0.3) is 0 Å². The third kappa shape index (κ3) is 8.14. The van der Waals surface area contributed by atoms with E-state index in [4.69, 9.17) is 18.6 Å². The number of benzene rings is 3. The Bertz CT molecular complexity index is 1890. The predicted molar refractivity (Wildman–Crippen MR) is 181 cm³/mol. The number of fused-ring (bicyclic) bond motifs is 1. The lowest BCUT2D eigenvalue weighted by Gasteiger charge is -2.30. The zero-order valence-electron chi connectivity index (χ0n) is 27.7. The fourth-order valence-electron chi connectivity index (χ4n) is 5.81. The van der Waals surface area contributed by atoms with E-state index < -0.39 is 23.5 Å². The minimum Gasteiger partial charge on any atom is -0.493 e. The van der Waals surface area contributed by atoms with Crippen molar-refractivity contribution in [1.29, 1.82) is 0 Å². The zero-order chi connectivity index (χ0) is 34.3. The molecule has 0 spiro atoms. The van der Waals surface area contributed by atoms with Crippen molar-refractivity contribution in [3.05, 3.63) is 84.4 Å². The molecule has 256 valence electrons. The van der Waals surface area contributed by atoms with E-state index in [1.54, 1.807) is 44.5 Å². The van der Waals surface area contributed by atoms with Crippen LogP contribution < -0.4 is 19.5 Å². The number of hydrogen-bond acceptors (Lipinski definition) is 9. The molecule has 1 saturated heterocycles. The fraction of sp³-hybridized carbons (Fsp3) is 0.351. The minimum absolute atomic E-state index is 0.0372. The molecule has 10 nitrogen and oxygen atoms in total. The van der Waals surface area contributed by atoms with E-state index in [1.807, 2.05) is 0 Å². The van der Waals surface area contributed by atoms with Gasteiger partial charge in [-0.2, -0.15) is 0 Å². The maximum absolute atomic E-state index is 15.3. The topological polar surface area (TPSA) is 112 Å². The summed E-state index contributed by atoms with van der Waals surface area (Å²) in [6.45, 7) is 7.90. The Morgan fingerprint density at radius 1 is 1.00 bits per heavy atom. The number of methoxy groups -OCH3 is 1. The molecular weight excluding hydrogens is 632 g/mol. The lowest BCUT2D eigenvalue weighted by Crippen LogP contribution is -2.34. The van der Waals surface area contributed by atoms with Crippen molar-refractivity contribution < 1.29 is 32.2 Å². The molecule has 1 fully saturated rings. The van der Waals surface area contributed by atoms with Crippen LogP contribution in [0, 0.1) is 17.6 Å². The molecule has 0 aliphatic carbocycles. The number of pyridine rings is 1. The summed E-state index contributed by atoms with van der Waals surface area (Å²) in [5.74, 6) is 0.198. The summed E-state index contributed by atoms with van der Waals surface area (Å²) in [7, 11) is 1.57. The molecule has 1 unspecified atom stereocenters. The summed E-state index contributed by atoms with van der Waals surface area (Å²) in [5, 5.41) is 11.4. The monoisotopic (exact) mass is 671 g/mol. The number of carbonyl (C=O) groups excluding carboxylic acids is 1. The number of anilines is 1. The summed E-state index contributed by atoms with van der Waals surface area (Å²) in [4.78, 5) is 20.1. The van der Waals surface area contributed by atoms with Gasteiger partial charge in [0.1, 0.15) is 17.5 Å². The highest BCUT2D eigenvalue weighted by atomic mass is 19.1. The molecule has 6 rings (SSSR count). The van der Waals surface area contributed by atoms with Crippen LogP contribution in [0.1, 0.15) is 51.3 Å². The number of aromatic nitrogens is 3. The summed E-state index contributed by atoms with van der Waals surface area (Å²) >= 11 is 0. The van der Waals surface area contributed by atoms with Gasteiger partial charge in [-0.3, -0.25) is 9.78 Å². The maximum atomic E-state index is 15.3. The summed E-state index contributed by atoms with van der Waals surface area (Å²) in [5.41, 5.74) is 1.36. The molecule has 2 aromatic heterocycles. The van der Waals surface area contributed by atoms with Crippen LogP contribution in [0.3, 0.4) is 0 Å². The third-order valence-electron chi connectivity index (χ3n) is 8.71. The molecule has 1 amide bonds. The van der Waals surface area contributed by atoms with Crippen LogP contribution in [0.5, 0.6) is 23.0 Å². The zero-order valence-corrected chi connectivity index (χ0v) is 27.7. The van der Waals surface area contributed by atoms with Gasteiger partial charge in [0, 0.05) is 41.5 Å². The quantitative estimate of drug-likeness (QED) is 0.125. The predicted octanol–water partition coefficient (Wildman–Crippen LogP) is 8.00. The molecule has 1 N–H and O–H groups in total. The molecule has 49 heavy (non-hydrogen) atoms. The number of carbonyl (C=O) groups is 1. The van der Waals surface area contributed by atoms with Crippen molar-refractivity contribution >= 4 is 22.5 Å². The Hall–Kier alpha value is -5.10. The molecule has 3 aromatic carbocycles. The van der Waals surface area contributed by atoms with Crippen LogP contribution in [-0.2, 0) is 4.79 Å². The van der Waals surface area contributed by atoms with Gasteiger partial charge in [-0.1, -0.05) is 13.8 Å². The number of likely N-dealkylation sites (tertiary alicyclic amines) is 1. The highest BCUT2D eigenvalue weighted by molar-refractivity contribution is 5.95. The lowest BCUT2D eigenvalue weighted by molar-refractivity contribution is -0.118. The molecular formula is C37H39F2N5O5. The minimum atomic E-state index is -0.786. The standard InChI is InChI=1S/C37H39F2N5O5/c1-4-27(37-43-42-36(49-37)24-6-8-25(38)9-7-24)35(45)41-26-10-11-32(29(39)20-26)48-31-12-15-40-30-22-34(33(46-3)21-28(30)31)47-19-5-16-44-17-13-23(2)14-18-44/h6-12,15,20-23,27H,4-5,13-14,16-19H2,1-3H3,(H,41,45). The van der Waals surface area contributed by atoms with Gasteiger partial charge in [0.15, 0.2) is 23.1 Å². The van der Waals surface area contributed by atoms with E-state index in [0.717, 1.165) is 32.0 Å². The average Bonchev–Trinajstić information content (AvgIpc) is 3.59. The number of ether oxygens (including phenoxy) is 3. The first kappa shape index (κ1) is 33.8. The Balaban J connectivity index is 1.10. The summed E-state index contributed by atoms with van der Waals surface area (Å²) in [6.07, 6.45) is 5.32. The van der Waals surface area contributed by atoms with Crippen molar-refractivity contribution in [2.45, 2.75) is 45.4 Å². The van der Waals surface area contributed by atoms with Crippen LogP contribution in [0.15, 0.2) is 71.3 Å². The van der Waals surface area contributed by atoms with Gasteiger partial charge < -0.3 is 28.8 Å². The molecule has 1 aliphatic heterocycles. The average molecular weight is 672 g/mol. The van der Waals surface area contributed by atoms with Crippen molar-refractivity contribution in [3.8, 4) is 34.5 Å². The second-order valence-electron chi connectivity index (χ2n) is 12.2. The number of piperidine rings is 1. The highest BCUT2D eigenvalue weighted by Gasteiger charge is 2.26. The van der Waals surface area contributed by atoms with E-state index in [1.165, 1.54) is 49.2 Å². The van der Waals surface area contributed by atoms with Gasteiger partial charge >= 0.3 is 0 Å². The van der Waals surface area contributed by atoms with Crippen LogP contribution in [0.4, 0.5) is 14.5 Å². The van der Waals surface area contributed by atoms with E-state index in [0.29, 0.717) is 46.7 Å². The van der Waals surface area contributed by atoms with Crippen molar-refractivity contribution in [3.63, 3.8) is 0 Å². The number of nitrogens with zero attached hydrogens (tertiary/aromatic N) is 4. The fourth-order valence-corrected chi connectivity index (χ4v) is 5.81. The van der Waals surface area contributed by atoms with Gasteiger partial charge in [0.05, 0.1) is 19.2 Å². The summed E-state index contributed by atoms with van der Waals surface area (Å²) in [6, 6.07) is 15.0. The van der Waals surface area contributed by atoms with E-state index in [-0.39, 0.29) is 23.2 Å². The molecule has 0 saturated carbocycles. The second kappa shape index (κ2) is 15.4. The van der Waals surface area contributed by atoms with E-state index in [9.17, 15) is 9.18 Å². The van der Waals surface area contributed by atoms with E-state index >= 15 is 4.39 Å². The number of hydrogen-bond donors (Lipinski definition) is 1. The molecule has 1 aliphatic rings. The van der Waals surface area contributed by atoms with Gasteiger partial charge in [-0.15, -0.1) is 10.2 Å². The van der Waals surface area contributed by atoms with Crippen LogP contribution in [0.25, 0.3) is 22.4 Å². The first-order valence-corrected chi connectivity index (χ1v) is 16.5. The lowest BCUT2D eigenvalue weighted by atomic mass is 9.99. The van der Waals surface area contributed by atoms with Crippen LogP contribution in [-0.4, -0.2) is 59.3 Å². The van der Waals surface area contributed by atoms with Gasteiger partial charge in [0.2, 0.25) is 17.7 Å². The first-order chi connectivity index (χ1) is 23.8. The summed E-state index contributed by atoms with van der Waals surface area (Å²) < 4.78 is 52.1.